The highest BCUT2D eigenvalue weighted by atomic mass is 32.1. The number of nitrogens with one attached hydrogen (secondary N) is 1. The van der Waals surface area contributed by atoms with Gasteiger partial charge in [-0.25, -0.2) is 9.78 Å². The Bertz CT molecular complexity index is 950. The molecular weight excluding hydrogens is 493 g/mol. The number of carbonyl (C=O) groups excluding carboxylic acids is 1. The van der Waals surface area contributed by atoms with E-state index in [-0.39, 0.29) is 5.04 Å². The van der Waals surface area contributed by atoms with E-state index in [1.807, 2.05) is 5.38 Å². The summed E-state index contributed by atoms with van der Waals surface area (Å²) in [7, 11) is -2.38. The molecule has 196 valence electrons. The molecule has 1 unspecified atom stereocenters. The average molecular weight is 531 g/mol. The minimum atomic E-state index is -4.44. The van der Waals surface area contributed by atoms with Crippen LogP contribution in [0.4, 0.5) is 18.0 Å². The molecule has 1 heterocycles. The fourth-order valence-electron chi connectivity index (χ4n) is 3.15. The molecule has 1 N–H and O–H groups in total. The Morgan fingerprint density at radius 3 is 2.14 bits per heavy atom. The molecule has 0 saturated carbocycles. The molecule has 0 fully saturated rings. The van der Waals surface area contributed by atoms with Crippen molar-refractivity contribution >= 4 is 25.7 Å². The molecule has 1 amide bonds. The lowest BCUT2D eigenvalue weighted by molar-refractivity contribution is -0.137. The van der Waals surface area contributed by atoms with Gasteiger partial charge in [0.2, 0.25) is 0 Å². The van der Waals surface area contributed by atoms with E-state index >= 15 is 0 Å². The minimum Gasteiger partial charge on any atom is -0.444 e. The number of carbonyl (C=O) groups is 1. The van der Waals surface area contributed by atoms with Crippen molar-refractivity contribution in [1.82, 2.24) is 10.3 Å². The summed E-state index contributed by atoms with van der Waals surface area (Å²) in [5.41, 5.74) is -0.858. The molecule has 0 spiro atoms. The van der Waals surface area contributed by atoms with Crippen molar-refractivity contribution in [1.29, 1.82) is 0 Å². The van der Waals surface area contributed by atoms with E-state index in [1.165, 1.54) is 23.5 Å². The summed E-state index contributed by atoms with van der Waals surface area (Å²) in [6, 6.07) is 4.45. The molecule has 2 atom stereocenters. The number of hydrogen-bond donors (Lipinski definition) is 1. The van der Waals surface area contributed by atoms with Gasteiger partial charge in [-0.05, 0) is 63.0 Å². The molecule has 5 nitrogen and oxygen atoms in total. The summed E-state index contributed by atoms with van der Waals surface area (Å²) < 4.78 is 51.9. The molecule has 0 bridgehead atoms. The zero-order chi connectivity index (χ0) is 26.7. The number of alkyl carbamates (subject to hydrolysis) is 1. The first-order chi connectivity index (χ1) is 15.9. The van der Waals surface area contributed by atoms with E-state index in [4.69, 9.17) is 9.16 Å². The van der Waals surface area contributed by atoms with Crippen molar-refractivity contribution in [2.24, 2.45) is 0 Å². The quantitative estimate of drug-likeness (QED) is 0.355. The Morgan fingerprint density at radius 1 is 1.09 bits per heavy atom. The van der Waals surface area contributed by atoms with E-state index in [2.05, 4.69) is 44.2 Å². The van der Waals surface area contributed by atoms with Gasteiger partial charge in [-0.15, -0.1) is 11.3 Å². The van der Waals surface area contributed by atoms with E-state index in [0.717, 1.165) is 17.1 Å². The lowest BCUT2D eigenvalue weighted by atomic mass is 9.97. The van der Waals surface area contributed by atoms with Crippen LogP contribution in [-0.4, -0.2) is 31.0 Å². The summed E-state index contributed by atoms with van der Waals surface area (Å²) in [5, 5.41) is 5.58. The Balaban J connectivity index is 2.47. The first kappa shape index (κ1) is 29.3. The predicted octanol–water partition coefficient (Wildman–Crippen LogP) is 7.75. The van der Waals surface area contributed by atoms with Crippen molar-refractivity contribution in [3.8, 4) is 0 Å². The zero-order valence-corrected chi connectivity index (χ0v) is 23.6. The van der Waals surface area contributed by atoms with Gasteiger partial charge in [0.05, 0.1) is 22.7 Å². The molecule has 0 saturated heterocycles. The van der Waals surface area contributed by atoms with Crippen LogP contribution in [0.15, 0.2) is 35.8 Å². The third kappa shape index (κ3) is 8.91. The topological polar surface area (TPSA) is 60.5 Å². The summed E-state index contributed by atoms with van der Waals surface area (Å²) >= 11 is 1.51. The van der Waals surface area contributed by atoms with E-state index in [9.17, 15) is 18.0 Å². The molecular formula is C25H37F3N2O3SSi. The third-order valence-corrected chi connectivity index (χ3v) is 11.3. The van der Waals surface area contributed by atoms with E-state index in [1.54, 1.807) is 27.0 Å². The van der Waals surface area contributed by atoms with Gasteiger partial charge in [0, 0.05) is 18.0 Å². The van der Waals surface area contributed by atoms with Crippen molar-refractivity contribution < 1.29 is 27.1 Å². The highest BCUT2D eigenvalue weighted by molar-refractivity contribution is 7.09. The van der Waals surface area contributed by atoms with Gasteiger partial charge in [-0.2, -0.15) is 13.2 Å². The maximum Gasteiger partial charge on any atom is 0.416 e. The zero-order valence-electron chi connectivity index (χ0n) is 21.7. The van der Waals surface area contributed by atoms with E-state index in [0.29, 0.717) is 18.4 Å². The van der Waals surface area contributed by atoms with Crippen LogP contribution in [0.1, 0.15) is 70.2 Å². The van der Waals surface area contributed by atoms with Crippen LogP contribution < -0.4 is 5.32 Å². The van der Waals surface area contributed by atoms with Gasteiger partial charge in [0.25, 0.3) is 0 Å². The molecule has 0 aliphatic heterocycles. The molecule has 0 aliphatic rings. The molecule has 1 aromatic heterocycles. The highest BCUT2D eigenvalue weighted by Gasteiger charge is 2.42. The minimum absolute atomic E-state index is 0.150. The van der Waals surface area contributed by atoms with Gasteiger partial charge < -0.3 is 14.5 Å². The number of rotatable bonds is 8. The molecule has 0 radical (unpaired) electrons. The lowest BCUT2D eigenvalue weighted by Crippen LogP contribution is -2.49. The normalized spacial score (nSPS) is 14.9. The second kappa shape index (κ2) is 11.0. The molecule has 2 rings (SSSR count). The number of nitrogens with zero attached hydrogens (tertiary/aromatic N) is 1. The maximum absolute atomic E-state index is 13.2. The van der Waals surface area contributed by atoms with Gasteiger partial charge in [-0.3, -0.25) is 0 Å². The van der Waals surface area contributed by atoms with Crippen molar-refractivity contribution in [3.63, 3.8) is 0 Å². The van der Waals surface area contributed by atoms with Gasteiger partial charge in [0.1, 0.15) is 5.60 Å². The monoisotopic (exact) mass is 530 g/mol. The fraction of sp³-hybridized carbons (Fsp3) is 0.600. The van der Waals surface area contributed by atoms with Crippen LogP contribution in [0.5, 0.6) is 0 Å². The van der Waals surface area contributed by atoms with Crippen molar-refractivity contribution in [3.05, 3.63) is 52.0 Å². The molecule has 2 aromatic rings. The van der Waals surface area contributed by atoms with Gasteiger partial charge >= 0.3 is 12.3 Å². The number of benzene rings is 1. The molecule has 1 aromatic carbocycles. The van der Waals surface area contributed by atoms with Gasteiger partial charge in [-0.1, -0.05) is 32.9 Å². The second-order valence-corrected chi connectivity index (χ2v) is 16.9. The van der Waals surface area contributed by atoms with Crippen LogP contribution in [0.3, 0.4) is 0 Å². The Morgan fingerprint density at radius 2 is 1.69 bits per heavy atom. The SMILES string of the molecule is CC(C)(C)OC(=O)NC(CCc1nccs1)[C@@H](O[Si](C)(C)C(C)(C)C)c1ccc(C(F)(F)F)cc1. The Kier molecular flexibility index (Phi) is 9.22. The summed E-state index contributed by atoms with van der Waals surface area (Å²) in [6.07, 6.45) is -2.92. The fourth-order valence-corrected chi connectivity index (χ4v) is 5.08. The van der Waals surface area contributed by atoms with Crippen LogP contribution in [0, 0.1) is 0 Å². The number of ether oxygens (including phenoxy) is 1. The number of alkyl halides is 3. The standard InChI is InChI=1S/C25H37F3N2O3SSi/c1-23(2,3)32-22(31)30-19(13-14-20-29-15-16-34-20)21(33-35(7,8)24(4,5)6)17-9-11-18(12-10-17)25(26,27)28/h9-12,15-16,19,21H,13-14H2,1-8H3,(H,30,31)/t19?,21-/m0/s1. The van der Waals surface area contributed by atoms with Gasteiger partial charge in [0.15, 0.2) is 8.32 Å². The Hall–Kier alpha value is -1.91. The number of aryl methyl sites for hydroxylation is 1. The highest BCUT2D eigenvalue weighted by Crippen LogP contribution is 2.41. The number of thiazole rings is 1. The number of amides is 1. The van der Waals surface area contributed by atoms with E-state index < -0.39 is 43.9 Å². The van der Waals surface area contributed by atoms with Crippen LogP contribution in [-0.2, 0) is 21.8 Å². The van der Waals surface area contributed by atoms with Crippen LogP contribution >= 0.6 is 11.3 Å². The maximum atomic E-state index is 13.2. The van der Waals surface area contributed by atoms with Crippen molar-refractivity contribution in [2.45, 2.75) is 96.4 Å². The molecule has 0 aliphatic carbocycles. The average Bonchev–Trinajstić information content (AvgIpc) is 3.20. The summed E-state index contributed by atoms with van der Waals surface area (Å²) in [6.45, 7) is 15.8. The number of hydrogen-bond acceptors (Lipinski definition) is 5. The van der Waals surface area contributed by atoms with Crippen LogP contribution in [0.25, 0.3) is 0 Å². The predicted molar refractivity (Wildman–Crippen MR) is 136 cm³/mol. The smallest absolute Gasteiger partial charge is 0.416 e. The third-order valence-electron chi connectivity index (χ3n) is 6.01. The molecule has 35 heavy (non-hydrogen) atoms. The Labute approximate surface area is 211 Å². The second-order valence-electron chi connectivity index (χ2n) is 11.1. The lowest BCUT2D eigenvalue weighted by Gasteiger charge is -2.42. The first-order valence-electron chi connectivity index (χ1n) is 11.6. The van der Waals surface area contributed by atoms with Crippen LogP contribution in [0.2, 0.25) is 18.1 Å². The number of halogens is 3. The number of aromatic nitrogens is 1. The van der Waals surface area contributed by atoms with Crippen molar-refractivity contribution in [2.75, 3.05) is 0 Å². The largest absolute Gasteiger partial charge is 0.444 e. The summed E-state index contributed by atoms with van der Waals surface area (Å²) in [5.74, 6) is 0. The summed E-state index contributed by atoms with van der Waals surface area (Å²) in [4.78, 5) is 17.1. The first-order valence-corrected chi connectivity index (χ1v) is 15.4. The molecule has 10 heteroatoms.